The lowest BCUT2D eigenvalue weighted by Crippen LogP contribution is -2.43. The maximum atomic E-state index is 17.4. The molecule has 8 nitrogen and oxygen atoms in total. The molecule has 1 aliphatic carbocycles. The van der Waals surface area contributed by atoms with Crippen LogP contribution in [0.25, 0.3) is 32.9 Å². The maximum Gasteiger partial charge on any atom is 0.319 e. The van der Waals surface area contributed by atoms with Crippen LogP contribution in [0.5, 0.6) is 6.01 Å². The van der Waals surface area contributed by atoms with Crippen LogP contribution in [0.15, 0.2) is 30.7 Å². The molecular formula is C41H48F4N6O2Si. The predicted octanol–water partition coefficient (Wildman–Crippen LogP) is 8.22. The lowest BCUT2D eigenvalue weighted by Gasteiger charge is -2.38. The highest BCUT2D eigenvalue weighted by molar-refractivity contribution is 6.90. The number of rotatable bonds is 8. The number of nitrogens with zero attached hydrogens (tertiary/aromatic N) is 6. The van der Waals surface area contributed by atoms with E-state index < -0.39 is 62.1 Å². The van der Waals surface area contributed by atoms with Gasteiger partial charge in [0.15, 0.2) is 5.82 Å². The van der Waals surface area contributed by atoms with E-state index in [1.807, 2.05) is 0 Å². The molecular weight excluding hydrogens is 713 g/mol. The molecule has 13 heteroatoms. The van der Waals surface area contributed by atoms with Gasteiger partial charge in [0.2, 0.25) is 0 Å². The zero-order valence-corrected chi connectivity index (χ0v) is 32.6. The van der Waals surface area contributed by atoms with Crippen molar-refractivity contribution in [2.45, 2.75) is 101 Å². The van der Waals surface area contributed by atoms with Crippen LogP contribution >= 0.6 is 0 Å². The zero-order chi connectivity index (χ0) is 39.9. The normalized spacial score (nSPS) is 26.5. The summed E-state index contributed by atoms with van der Waals surface area (Å²) in [5, 5.41) is 1.06. The number of aromatic nitrogens is 4. The molecule has 0 bridgehead atoms. The summed E-state index contributed by atoms with van der Waals surface area (Å²) in [7, 11) is -2.31. The lowest BCUT2D eigenvalue weighted by atomic mass is 9.95. The van der Waals surface area contributed by atoms with E-state index in [0.29, 0.717) is 46.8 Å². The van der Waals surface area contributed by atoms with E-state index in [0.717, 1.165) is 0 Å². The summed E-state index contributed by atoms with van der Waals surface area (Å²) in [6.07, 6.45) is 2.93. The van der Waals surface area contributed by atoms with Crippen LogP contribution in [-0.4, -0.2) is 96.2 Å². The fraction of sp³-hybridized carbons (Fsp3) is 0.561. The number of hydrogen-bond acceptors (Lipinski definition) is 8. The van der Waals surface area contributed by atoms with Crippen molar-refractivity contribution in [2.24, 2.45) is 5.92 Å². The van der Waals surface area contributed by atoms with Crippen molar-refractivity contribution < 1.29 is 29.8 Å². The van der Waals surface area contributed by atoms with Crippen LogP contribution in [-0.2, 0) is 4.74 Å². The Hall–Kier alpha value is -3.86. The number of benzene rings is 1. The molecule has 3 aliphatic heterocycles. The molecule has 1 saturated carbocycles. The van der Waals surface area contributed by atoms with E-state index in [2.05, 4.69) is 72.9 Å². The molecule has 0 amide bonds. The fourth-order valence-corrected chi connectivity index (χ4v) is 14.9. The Kier molecular flexibility index (Phi) is 8.98. The first-order valence-corrected chi connectivity index (χ1v) is 21.4. The largest absolute Gasteiger partial charge is 0.461 e. The van der Waals surface area contributed by atoms with Gasteiger partial charge in [-0.1, -0.05) is 47.5 Å². The number of anilines is 1. The van der Waals surface area contributed by atoms with E-state index in [-0.39, 0.29) is 66.3 Å². The summed E-state index contributed by atoms with van der Waals surface area (Å²) in [6, 6.07) is 1.85. The van der Waals surface area contributed by atoms with E-state index in [1.54, 1.807) is 22.1 Å². The van der Waals surface area contributed by atoms with Crippen molar-refractivity contribution >= 4 is 35.6 Å². The van der Waals surface area contributed by atoms with Gasteiger partial charge in [0.1, 0.15) is 49.8 Å². The Morgan fingerprint density at radius 3 is 2.59 bits per heavy atom. The third-order valence-corrected chi connectivity index (χ3v) is 18.7. The molecule has 0 unspecified atom stereocenters. The number of pyridine rings is 2. The summed E-state index contributed by atoms with van der Waals surface area (Å²) in [4.78, 5) is 21.5. The number of halogens is 4. The van der Waals surface area contributed by atoms with E-state index >= 15 is 13.2 Å². The highest BCUT2D eigenvalue weighted by Gasteiger charge is 2.56. The SMILES string of the molecule is [2H]C([2H])(Oc1nc(N2CCOC[C@H]3[C@H](F)[C@H]32)c2cnc(-c3cncc4ccc(F)c(C#C[Si](C(C)C)(C(C)C)C(C)C)c34)c(F)c2n1)[C@@]12CCCN1C[C@H](F)C2. The van der Waals surface area contributed by atoms with Crippen molar-refractivity contribution in [2.75, 3.05) is 44.3 Å². The van der Waals surface area contributed by atoms with Crippen molar-refractivity contribution in [3.8, 4) is 28.7 Å². The molecule has 286 valence electrons. The number of hydrogen-bond donors (Lipinski definition) is 0. The third kappa shape index (κ3) is 6.03. The second kappa shape index (κ2) is 14.0. The molecule has 8 rings (SSSR count). The summed E-state index contributed by atoms with van der Waals surface area (Å²) >= 11 is 0. The van der Waals surface area contributed by atoms with E-state index in [1.165, 1.54) is 18.5 Å². The van der Waals surface area contributed by atoms with Crippen LogP contribution in [0.1, 0.15) is 69.1 Å². The maximum absolute atomic E-state index is 17.4. The van der Waals surface area contributed by atoms with Crippen LogP contribution in [0.3, 0.4) is 0 Å². The van der Waals surface area contributed by atoms with Crippen molar-refractivity contribution in [1.29, 1.82) is 0 Å². The Morgan fingerprint density at radius 1 is 1.06 bits per heavy atom. The molecule has 0 spiro atoms. The summed E-state index contributed by atoms with van der Waals surface area (Å²) in [5.74, 6) is 1.51. The Balaban J connectivity index is 1.31. The summed E-state index contributed by atoms with van der Waals surface area (Å²) in [5.41, 5.74) is 3.13. The van der Waals surface area contributed by atoms with Gasteiger partial charge in [-0.15, -0.1) is 5.54 Å². The van der Waals surface area contributed by atoms with Gasteiger partial charge in [-0.25, -0.2) is 17.6 Å². The van der Waals surface area contributed by atoms with Gasteiger partial charge < -0.3 is 14.4 Å². The van der Waals surface area contributed by atoms with Gasteiger partial charge in [-0.3, -0.25) is 14.9 Å². The Labute approximate surface area is 317 Å². The van der Waals surface area contributed by atoms with E-state index in [4.69, 9.17) is 12.2 Å². The van der Waals surface area contributed by atoms with Gasteiger partial charge in [-0.05, 0) is 48.1 Å². The molecule has 3 aromatic heterocycles. The van der Waals surface area contributed by atoms with Gasteiger partial charge in [-0.2, -0.15) is 9.97 Å². The summed E-state index contributed by atoms with van der Waals surface area (Å²) in [6.45, 7) is 11.9. The molecule has 0 radical (unpaired) electrons. The quantitative estimate of drug-likeness (QED) is 0.101. The molecule has 4 aromatic rings. The second-order valence-corrected chi connectivity index (χ2v) is 21.9. The Bertz CT molecular complexity index is 2230. The summed E-state index contributed by atoms with van der Waals surface area (Å²) < 4.78 is 93.3. The topological polar surface area (TPSA) is 76.5 Å². The zero-order valence-electron chi connectivity index (χ0n) is 33.6. The standard InChI is InChI=1S/C41H48F4N6O2Si/c1-23(2)54(24(3)4,25(5)6)15-10-28-32(43)9-8-26-17-46-18-29(33(26)28)36-35(45)37-30(19-47-36)39(51-13-14-52-21-31-34(44)38(31)51)49-40(48-37)53-22-41-11-7-12-50(41)20-27(42)16-41/h8-9,17-19,23-25,27,31,34,38H,7,11-14,16,20-22H2,1-6H3/t27-,31+,34+,38+,41+/m1/s1/i22D2. The van der Waals surface area contributed by atoms with E-state index in [9.17, 15) is 4.39 Å². The highest BCUT2D eigenvalue weighted by atomic mass is 28.3. The minimum absolute atomic E-state index is 0.0649. The molecule has 54 heavy (non-hydrogen) atoms. The molecule has 4 fully saturated rings. The first-order chi connectivity index (χ1) is 26.6. The number of ether oxygens (including phenoxy) is 2. The molecule has 1 aromatic carbocycles. The smallest absolute Gasteiger partial charge is 0.319 e. The minimum Gasteiger partial charge on any atom is -0.461 e. The average molecular weight is 763 g/mol. The van der Waals surface area contributed by atoms with Gasteiger partial charge in [0, 0.05) is 60.4 Å². The fourth-order valence-electron chi connectivity index (χ4n) is 9.71. The van der Waals surface area contributed by atoms with Gasteiger partial charge in [0.05, 0.1) is 38.5 Å². The number of alkyl halides is 2. The van der Waals surface area contributed by atoms with Crippen molar-refractivity contribution in [1.82, 2.24) is 24.8 Å². The van der Waals surface area contributed by atoms with Crippen LogP contribution < -0.4 is 9.64 Å². The molecule has 4 aliphatic rings. The van der Waals surface area contributed by atoms with Crippen LogP contribution in [0.2, 0.25) is 16.6 Å². The monoisotopic (exact) mass is 762 g/mol. The first kappa shape index (κ1) is 34.6. The van der Waals surface area contributed by atoms with Crippen molar-refractivity contribution in [3.05, 3.63) is 47.9 Å². The minimum atomic E-state index is -2.46. The Morgan fingerprint density at radius 2 is 1.83 bits per heavy atom. The molecule has 5 atom stereocenters. The predicted molar refractivity (Wildman–Crippen MR) is 205 cm³/mol. The molecule has 3 saturated heterocycles. The number of fused-ring (bicyclic) bond motifs is 4. The van der Waals surface area contributed by atoms with Gasteiger partial charge >= 0.3 is 6.01 Å². The van der Waals surface area contributed by atoms with Crippen LogP contribution in [0, 0.1) is 29.0 Å². The first-order valence-electron chi connectivity index (χ1n) is 20.1. The highest BCUT2D eigenvalue weighted by Crippen LogP contribution is 2.46. The molecule has 6 heterocycles. The average Bonchev–Trinajstić information content (AvgIpc) is 3.50. The lowest BCUT2D eigenvalue weighted by molar-refractivity contribution is 0.107. The van der Waals surface area contributed by atoms with Crippen LogP contribution in [0.4, 0.5) is 23.4 Å². The third-order valence-electron chi connectivity index (χ3n) is 12.4. The van der Waals surface area contributed by atoms with Gasteiger partial charge in [0.25, 0.3) is 0 Å². The second-order valence-electron chi connectivity index (χ2n) is 16.3. The van der Waals surface area contributed by atoms with Crippen molar-refractivity contribution in [3.63, 3.8) is 0 Å². The molecule has 0 N–H and O–H groups in total.